The third-order valence-electron chi connectivity index (χ3n) is 2.83. The van der Waals surface area contributed by atoms with E-state index in [1.165, 1.54) is 6.42 Å². The number of nitrogens with one attached hydrogen (secondary N) is 1. The Labute approximate surface area is 90.4 Å². The van der Waals surface area contributed by atoms with Crippen LogP contribution in [0.25, 0.3) is 0 Å². The molecule has 2 fully saturated rings. The van der Waals surface area contributed by atoms with Crippen molar-refractivity contribution in [3.8, 4) is 0 Å². The molecule has 0 aromatic rings. The number of halogens is 3. The molecule has 1 heterocycles. The van der Waals surface area contributed by atoms with Gasteiger partial charge in [0.05, 0.1) is 5.60 Å². The summed E-state index contributed by atoms with van der Waals surface area (Å²) in [5.74, 6) is -2.19. The Bertz CT molecular complexity index is 257. The quantitative estimate of drug-likeness (QED) is 0.633. The summed E-state index contributed by atoms with van der Waals surface area (Å²) in [4.78, 5) is 8.90. The molecule has 0 aromatic heterocycles. The largest absolute Gasteiger partial charge is 0.490 e. The van der Waals surface area contributed by atoms with E-state index in [9.17, 15) is 18.3 Å². The minimum Gasteiger partial charge on any atom is -0.475 e. The molecule has 1 aliphatic heterocycles. The normalized spacial score (nSPS) is 26.9. The van der Waals surface area contributed by atoms with Crippen LogP contribution >= 0.6 is 0 Å². The number of aliphatic carboxylic acids is 1. The van der Waals surface area contributed by atoms with Gasteiger partial charge in [0.25, 0.3) is 0 Å². The van der Waals surface area contributed by atoms with Gasteiger partial charge >= 0.3 is 12.1 Å². The summed E-state index contributed by atoms with van der Waals surface area (Å²) in [5.41, 5.74) is -0.233. The second kappa shape index (κ2) is 4.58. The van der Waals surface area contributed by atoms with Crippen molar-refractivity contribution in [1.29, 1.82) is 0 Å². The van der Waals surface area contributed by atoms with E-state index in [0.29, 0.717) is 5.92 Å². The molecule has 7 heteroatoms. The van der Waals surface area contributed by atoms with Crippen molar-refractivity contribution >= 4 is 5.97 Å². The Morgan fingerprint density at radius 1 is 1.38 bits per heavy atom. The van der Waals surface area contributed by atoms with E-state index in [0.717, 1.165) is 25.9 Å². The zero-order valence-corrected chi connectivity index (χ0v) is 8.55. The van der Waals surface area contributed by atoms with Crippen molar-refractivity contribution in [2.45, 2.75) is 31.0 Å². The molecule has 1 aliphatic carbocycles. The molecule has 4 nitrogen and oxygen atoms in total. The Morgan fingerprint density at radius 3 is 2.12 bits per heavy atom. The zero-order valence-electron chi connectivity index (χ0n) is 8.55. The monoisotopic (exact) mass is 241 g/mol. The maximum atomic E-state index is 10.6. The summed E-state index contributed by atoms with van der Waals surface area (Å²) >= 11 is 0. The molecule has 94 valence electrons. The van der Waals surface area contributed by atoms with Gasteiger partial charge in [-0.15, -0.1) is 0 Å². The topological polar surface area (TPSA) is 69.6 Å². The summed E-state index contributed by atoms with van der Waals surface area (Å²) in [6.07, 6.45) is -1.82. The summed E-state index contributed by atoms with van der Waals surface area (Å²) in [7, 11) is 0. The lowest BCUT2D eigenvalue weighted by Crippen LogP contribution is -2.23. The number of rotatable bonds is 1. The molecule has 2 aliphatic rings. The highest BCUT2D eigenvalue weighted by molar-refractivity contribution is 5.73. The number of hydrogen-bond acceptors (Lipinski definition) is 3. The summed E-state index contributed by atoms with van der Waals surface area (Å²) in [6, 6.07) is 0. The fraction of sp³-hybridized carbons (Fsp3) is 0.889. The van der Waals surface area contributed by atoms with Gasteiger partial charge in [-0.05, 0) is 25.8 Å². The van der Waals surface area contributed by atoms with Crippen molar-refractivity contribution in [2.75, 3.05) is 13.1 Å². The van der Waals surface area contributed by atoms with E-state index in [1.54, 1.807) is 0 Å². The third-order valence-corrected chi connectivity index (χ3v) is 2.83. The molecule has 1 saturated carbocycles. The van der Waals surface area contributed by atoms with Crippen LogP contribution in [0.4, 0.5) is 13.2 Å². The average Bonchev–Trinajstić information content (AvgIpc) is 2.68. The highest BCUT2D eigenvalue weighted by Crippen LogP contribution is 2.44. The Kier molecular flexibility index (Phi) is 3.80. The van der Waals surface area contributed by atoms with Gasteiger partial charge in [0.2, 0.25) is 0 Å². The predicted molar refractivity (Wildman–Crippen MR) is 48.9 cm³/mol. The predicted octanol–water partition coefficient (Wildman–Crippen LogP) is 0.754. The lowest BCUT2D eigenvalue weighted by molar-refractivity contribution is -0.192. The maximum Gasteiger partial charge on any atom is 0.490 e. The molecule has 0 bridgehead atoms. The van der Waals surface area contributed by atoms with Crippen LogP contribution in [0.5, 0.6) is 0 Å². The van der Waals surface area contributed by atoms with Crippen LogP contribution in [-0.4, -0.2) is 41.0 Å². The second-order valence-electron chi connectivity index (χ2n) is 4.10. The standard InChI is InChI=1S/C7H13NO.C2HF3O2/c9-7(2-3-7)6-1-4-8-5-6;3-2(4,5)1(6)7/h6,8-9H,1-5H2;(H,6,7). The molecule has 1 atom stereocenters. The second-order valence-corrected chi connectivity index (χ2v) is 4.10. The maximum absolute atomic E-state index is 10.6. The number of alkyl halides is 3. The van der Waals surface area contributed by atoms with Crippen LogP contribution in [0.1, 0.15) is 19.3 Å². The first-order chi connectivity index (χ1) is 7.26. The highest BCUT2D eigenvalue weighted by Gasteiger charge is 2.48. The first-order valence-electron chi connectivity index (χ1n) is 4.99. The van der Waals surface area contributed by atoms with Gasteiger partial charge in [0, 0.05) is 12.5 Å². The first kappa shape index (κ1) is 13.2. The van der Waals surface area contributed by atoms with Gasteiger partial charge in [0.1, 0.15) is 0 Å². The lowest BCUT2D eigenvalue weighted by atomic mass is 10.00. The zero-order chi connectivity index (χ0) is 12.4. The smallest absolute Gasteiger partial charge is 0.475 e. The molecular formula is C9H14F3NO3. The van der Waals surface area contributed by atoms with Crippen LogP contribution in [0.2, 0.25) is 0 Å². The van der Waals surface area contributed by atoms with Crippen LogP contribution in [0, 0.1) is 5.92 Å². The molecule has 0 amide bonds. The van der Waals surface area contributed by atoms with Gasteiger partial charge < -0.3 is 15.5 Å². The third kappa shape index (κ3) is 3.64. The number of aliphatic hydroxyl groups is 1. The van der Waals surface area contributed by atoms with Gasteiger partial charge in [0.15, 0.2) is 0 Å². The minimum absolute atomic E-state index is 0.233. The van der Waals surface area contributed by atoms with Gasteiger partial charge in [-0.3, -0.25) is 0 Å². The fourth-order valence-corrected chi connectivity index (χ4v) is 1.65. The van der Waals surface area contributed by atoms with Crippen molar-refractivity contribution < 1.29 is 28.2 Å². The number of carbonyl (C=O) groups is 1. The van der Waals surface area contributed by atoms with Crippen LogP contribution in [0.15, 0.2) is 0 Å². The van der Waals surface area contributed by atoms with Crippen molar-refractivity contribution in [3.05, 3.63) is 0 Å². The van der Waals surface area contributed by atoms with Gasteiger partial charge in [-0.25, -0.2) is 4.79 Å². The van der Waals surface area contributed by atoms with E-state index >= 15 is 0 Å². The van der Waals surface area contributed by atoms with Gasteiger partial charge in [-0.1, -0.05) is 0 Å². The Morgan fingerprint density at radius 2 is 1.88 bits per heavy atom. The molecule has 1 unspecified atom stereocenters. The Hall–Kier alpha value is -0.820. The molecular weight excluding hydrogens is 227 g/mol. The Balaban J connectivity index is 0.000000168. The fourth-order valence-electron chi connectivity index (χ4n) is 1.65. The van der Waals surface area contributed by atoms with Crippen LogP contribution in [-0.2, 0) is 4.79 Å². The molecule has 2 rings (SSSR count). The SMILES string of the molecule is O=C(O)C(F)(F)F.OC1(C2CCNC2)CC1. The van der Waals surface area contributed by atoms with Crippen molar-refractivity contribution in [2.24, 2.45) is 5.92 Å². The number of hydrogen-bond donors (Lipinski definition) is 3. The number of carboxylic acid groups (broad SMARTS) is 1. The summed E-state index contributed by atoms with van der Waals surface area (Å²) in [6.45, 7) is 2.14. The number of carboxylic acids is 1. The van der Waals surface area contributed by atoms with Crippen LogP contribution < -0.4 is 5.32 Å². The van der Waals surface area contributed by atoms with E-state index in [4.69, 9.17) is 9.90 Å². The molecule has 1 saturated heterocycles. The molecule has 0 aromatic carbocycles. The van der Waals surface area contributed by atoms with E-state index in [-0.39, 0.29) is 5.60 Å². The van der Waals surface area contributed by atoms with Crippen LogP contribution in [0.3, 0.4) is 0 Å². The molecule has 16 heavy (non-hydrogen) atoms. The highest BCUT2D eigenvalue weighted by atomic mass is 19.4. The average molecular weight is 241 g/mol. The lowest BCUT2D eigenvalue weighted by Gasteiger charge is -2.13. The van der Waals surface area contributed by atoms with Gasteiger partial charge in [-0.2, -0.15) is 13.2 Å². The van der Waals surface area contributed by atoms with E-state index < -0.39 is 12.1 Å². The van der Waals surface area contributed by atoms with Crippen molar-refractivity contribution in [1.82, 2.24) is 5.32 Å². The minimum atomic E-state index is -5.08. The summed E-state index contributed by atoms with van der Waals surface area (Å²) in [5, 5.41) is 20.0. The van der Waals surface area contributed by atoms with Crippen molar-refractivity contribution in [3.63, 3.8) is 0 Å². The molecule has 0 radical (unpaired) electrons. The van der Waals surface area contributed by atoms with E-state index in [2.05, 4.69) is 5.32 Å². The van der Waals surface area contributed by atoms with E-state index in [1.807, 2.05) is 0 Å². The first-order valence-corrected chi connectivity index (χ1v) is 4.99. The summed E-state index contributed by atoms with van der Waals surface area (Å²) < 4.78 is 31.7. The molecule has 0 spiro atoms. The molecule has 3 N–H and O–H groups in total.